The van der Waals surface area contributed by atoms with Crippen LogP contribution in [0.25, 0.3) is 0 Å². The first-order valence-electron chi connectivity index (χ1n) is 6.10. The van der Waals surface area contributed by atoms with E-state index in [0.717, 1.165) is 24.0 Å². The van der Waals surface area contributed by atoms with Crippen molar-refractivity contribution < 1.29 is 37.4 Å². The zero-order chi connectivity index (χ0) is 16.5. The normalized spacial score (nSPS) is 16.9. The van der Waals surface area contributed by atoms with Gasteiger partial charge in [-0.2, -0.15) is 4.31 Å². The van der Waals surface area contributed by atoms with E-state index in [9.17, 15) is 9.13 Å². The molecule has 0 aliphatic carbocycles. The van der Waals surface area contributed by atoms with Crippen molar-refractivity contribution in [3.05, 3.63) is 23.3 Å². The van der Waals surface area contributed by atoms with Crippen LogP contribution in [0.5, 0.6) is 0 Å². The maximum atomic E-state index is 11.2. The van der Waals surface area contributed by atoms with E-state index >= 15 is 0 Å². The van der Waals surface area contributed by atoms with Gasteiger partial charge in [-0.3, -0.25) is 4.52 Å². The monoisotopic (exact) mass is 344 g/mol. The van der Waals surface area contributed by atoms with E-state index in [1.807, 2.05) is 19.9 Å². The molecular weight excluding hydrogens is 322 g/mol. The van der Waals surface area contributed by atoms with Crippen LogP contribution in [0.4, 0.5) is 0 Å². The molecule has 0 aromatic carbocycles. The lowest BCUT2D eigenvalue weighted by atomic mass is 10.1. The second-order valence-electron chi connectivity index (χ2n) is 4.41. The predicted molar refractivity (Wildman–Crippen MR) is 77.5 cm³/mol. The Bertz CT molecular complexity index is 465. The molecule has 0 radical (unpaired) electrons. The van der Waals surface area contributed by atoms with Gasteiger partial charge in [-0.25, -0.2) is 9.13 Å². The van der Waals surface area contributed by atoms with Crippen molar-refractivity contribution in [2.75, 3.05) is 20.3 Å². The van der Waals surface area contributed by atoms with Gasteiger partial charge < -0.3 is 19.4 Å². The Labute approximate surface area is 124 Å². The van der Waals surface area contributed by atoms with Crippen molar-refractivity contribution in [3.8, 4) is 0 Å². The molecule has 0 amide bonds. The Morgan fingerprint density at radius 2 is 1.71 bits per heavy atom. The topological polar surface area (TPSA) is 123 Å². The minimum atomic E-state index is -5.06. The van der Waals surface area contributed by atoms with E-state index < -0.39 is 15.6 Å². The van der Waals surface area contributed by atoms with Crippen LogP contribution in [0.15, 0.2) is 23.3 Å². The summed E-state index contributed by atoms with van der Waals surface area (Å²) in [6.45, 7) is 4.06. The number of phosphoric acid groups is 2. The van der Waals surface area contributed by atoms with Gasteiger partial charge in [0.2, 0.25) is 0 Å². The summed E-state index contributed by atoms with van der Waals surface area (Å²) >= 11 is 0. The van der Waals surface area contributed by atoms with Crippen molar-refractivity contribution >= 4 is 15.6 Å². The summed E-state index contributed by atoms with van der Waals surface area (Å²) in [4.78, 5) is 25.9. The summed E-state index contributed by atoms with van der Waals surface area (Å²) in [5, 5.41) is 0. The van der Waals surface area contributed by atoms with E-state index in [1.165, 1.54) is 0 Å². The maximum Gasteiger partial charge on any atom is 0.481 e. The zero-order valence-corrected chi connectivity index (χ0v) is 14.0. The second-order valence-corrected chi connectivity index (χ2v) is 7.24. The average molecular weight is 344 g/mol. The van der Waals surface area contributed by atoms with Crippen LogP contribution in [-0.4, -0.2) is 35.0 Å². The van der Waals surface area contributed by atoms with Gasteiger partial charge in [-0.1, -0.05) is 23.3 Å². The molecule has 124 valence electrons. The standard InChI is InChI=1S/C11H22O8P2/c1-10(5-4-6-11(2)9-17-3)7-8-18-21(15,16)19-20(12,13)14/h6-7H,4-5,8-9H2,1-3H3,(H,15,16)(H2,12,13,14). The molecule has 8 nitrogen and oxygen atoms in total. The average Bonchev–Trinajstić information content (AvgIpc) is 2.25. The zero-order valence-electron chi connectivity index (χ0n) is 12.3. The molecule has 3 N–H and O–H groups in total. The van der Waals surface area contributed by atoms with Crippen molar-refractivity contribution in [3.63, 3.8) is 0 Å². The lowest BCUT2D eigenvalue weighted by Gasteiger charge is -2.11. The fourth-order valence-electron chi connectivity index (χ4n) is 1.37. The van der Waals surface area contributed by atoms with Gasteiger partial charge in [0.05, 0.1) is 13.2 Å². The van der Waals surface area contributed by atoms with Crippen LogP contribution >= 0.6 is 15.6 Å². The predicted octanol–water partition coefficient (Wildman–Crippen LogP) is 2.53. The third-order valence-corrected chi connectivity index (χ3v) is 4.43. The highest BCUT2D eigenvalue weighted by Crippen LogP contribution is 2.57. The Balaban J connectivity index is 4.16. The molecule has 0 fully saturated rings. The lowest BCUT2D eigenvalue weighted by molar-refractivity contribution is 0.191. The van der Waals surface area contributed by atoms with Crippen molar-refractivity contribution in [2.45, 2.75) is 26.7 Å². The van der Waals surface area contributed by atoms with Gasteiger partial charge in [0, 0.05) is 7.11 Å². The largest absolute Gasteiger partial charge is 0.481 e. The number of allylic oxidation sites excluding steroid dienone is 2. The Morgan fingerprint density at radius 3 is 2.24 bits per heavy atom. The SMILES string of the molecule is COCC(C)=CCCC(C)=CCOP(=O)(O)OP(=O)(O)O. The highest BCUT2D eigenvalue weighted by atomic mass is 31.3. The molecule has 1 atom stereocenters. The molecule has 1 unspecified atom stereocenters. The van der Waals surface area contributed by atoms with Crippen LogP contribution in [0.1, 0.15) is 26.7 Å². The van der Waals surface area contributed by atoms with Gasteiger partial charge in [0.15, 0.2) is 0 Å². The molecule has 0 saturated heterocycles. The van der Waals surface area contributed by atoms with E-state index in [1.54, 1.807) is 13.2 Å². The third-order valence-electron chi connectivity index (χ3n) is 2.28. The molecular formula is C11H22O8P2. The molecule has 0 aliphatic rings. The molecule has 0 saturated carbocycles. The first kappa shape index (κ1) is 20.7. The first-order valence-corrected chi connectivity index (χ1v) is 9.13. The fraction of sp³-hybridized carbons (Fsp3) is 0.636. The smallest absolute Gasteiger partial charge is 0.380 e. The molecule has 0 heterocycles. The van der Waals surface area contributed by atoms with Crippen molar-refractivity contribution in [1.82, 2.24) is 0 Å². The minimum absolute atomic E-state index is 0.277. The highest BCUT2D eigenvalue weighted by molar-refractivity contribution is 7.60. The van der Waals surface area contributed by atoms with Gasteiger partial charge in [-0.15, -0.1) is 0 Å². The van der Waals surface area contributed by atoms with Crippen molar-refractivity contribution in [2.24, 2.45) is 0 Å². The Morgan fingerprint density at radius 1 is 1.10 bits per heavy atom. The van der Waals surface area contributed by atoms with E-state index in [2.05, 4.69) is 8.83 Å². The summed E-state index contributed by atoms with van der Waals surface area (Å²) in [7, 11) is -8.20. The Kier molecular flexibility index (Phi) is 9.53. The van der Waals surface area contributed by atoms with Crippen molar-refractivity contribution in [1.29, 1.82) is 0 Å². The summed E-state index contributed by atoms with van der Waals surface area (Å²) in [6.07, 6.45) is 5.08. The van der Waals surface area contributed by atoms with Crippen LogP contribution in [-0.2, 0) is 22.7 Å². The fourth-order valence-corrected chi connectivity index (χ4v) is 2.89. The van der Waals surface area contributed by atoms with Crippen LogP contribution in [0, 0.1) is 0 Å². The van der Waals surface area contributed by atoms with Gasteiger partial charge in [0.25, 0.3) is 0 Å². The summed E-state index contributed by atoms with van der Waals surface area (Å²) in [5.41, 5.74) is 2.02. The molecule has 10 heteroatoms. The van der Waals surface area contributed by atoms with Gasteiger partial charge >= 0.3 is 15.6 Å². The summed E-state index contributed by atoms with van der Waals surface area (Å²) in [6, 6.07) is 0. The van der Waals surface area contributed by atoms with Gasteiger partial charge in [-0.05, 0) is 26.7 Å². The number of hydrogen-bond acceptors (Lipinski definition) is 5. The molecule has 0 bridgehead atoms. The quantitative estimate of drug-likeness (QED) is 0.408. The third kappa shape index (κ3) is 13.1. The number of methoxy groups -OCH3 is 1. The molecule has 0 rings (SSSR count). The highest BCUT2D eigenvalue weighted by Gasteiger charge is 2.31. The number of phosphoric ester groups is 1. The Hall–Kier alpha value is -0.300. The number of ether oxygens (including phenoxy) is 1. The summed E-state index contributed by atoms with van der Waals surface area (Å²) in [5.74, 6) is 0. The second kappa shape index (κ2) is 9.66. The van der Waals surface area contributed by atoms with E-state index in [0.29, 0.717) is 6.61 Å². The lowest BCUT2D eigenvalue weighted by Crippen LogP contribution is -1.94. The number of hydrogen-bond donors (Lipinski definition) is 3. The van der Waals surface area contributed by atoms with Crippen LogP contribution in [0.3, 0.4) is 0 Å². The molecule has 0 aromatic heterocycles. The molecule has 0 aliphatic heterocycles. The van der Waals surface area contributed by atoms with E-state index in [-0.39, 0.29) is 6.61 Å². The van der Waals surface area contributed by atoms with Gasteiger partial charge in [0.1, 0.15) is 0 Å². The molecule has 21 heavy (non-hydrogen) atoms. The minimum Gasteiger partial charge on any atom is -0.380 e. The summed E-state index contributed by atoms with van der Waals surface area (Å²) < 4.78 is 34.6. The molecule has 0 aromatic rings. The van der Waals surface area contributed by atoms with E-state index in [4.69, 9.17) is 19.4 Å². The first-order chi connectivity index (χ1) is 9.56. The number of rotatable bonds is 10. The van der Waals surface area contributed by atoms with Crippen LogP contribution in [0.2, 0.25) is 0 Å². The van der Waals surface area contributed by atoms with Crippen LogP contribution < -0.4 is 0 Å². The molecule has 0 spiro atoms. The maximum absolute atomic E-state index is 11.2.